The maximum Gasteiger partial charge on any atom is 0.144 e. The van der Waals surface area contributed by atoms with E-state index in [0.717, 1.165) is 16.7 Å². The Kier molecular flexibility index (Phi) is 6.12. The van der Waals surface area contributed by atoms with Gasteiger partial charge in [-0.1, -0.05) is 96.1 Å². The Morgan fingerprint density at radius 3 is 1.73 bits per heavy atom. The minimum Gasteiger partial charge on any atom is -0.390 e. The lowest BCUT2D eigenvalue weighted by Gasteiger charge is -2.42. The Labute approximate surface area is 175 Å². The van der Waals surface area contributed by atoms with E-state index >= 15 is 0 Å². The van der Waals surface area contributed by atoms with Crippen LogP contribution in [0, 0.1) is 0 Å². The van der Waals surface area contributed by atoms with Gasteiger partial charge in [-0.2, -0.15) is 0 Å². The summed E-state index contributed by atoms with van der Waals surface area (Å²) in [6, 6.07) is 29.1. The molecule has 1 fully saturated rings. The zero-order valence-electron chi connectivity index (χ0n) is 16.4. The Balaban J connectivity index is 1.88. The van der Waals surface area contributed by atoms with Gasteiger partial charge in [0.05, 0.1) is 25.4 Å². The Bertz CT molecular complexity index is 895. The van der Waals surface area contributed by atoms with E-state index in [4.69, 9.17) is 15.0 Å². The summed E-state index contributed by atoms with van der Waals surface area (Å²) in [7, 11) is 0. The van der Waals surface area contributed by atoms with Gasteiger partial charge in [-0.05, 0) is 22.2 Å². The minimum atomic E-state index is -0.981. The molecule has 6 nitrogen and oxygen atoms in total. The summed E-state index contributed by atoms with van der Waals surface area (Å²) in [6.45, 7) is 0.368. The number of azide groups is 1. The highest BCUT2D eigenvalue weighted by Gasteiger charge is 2.44. The van der Waals surface area contributed by atoms with Crippen molar-refractivity contribution in [3.05, 3.63) is 118 Å². The molecule has 1 aliphatic rings. The quantitative estimate of drug-likeness (QED) is 0.287. The molecule has 30 heavy (non-hydrogen) atoms. The molecule has 0 aliphatic carbocycles. The van der Waals surface area contributed by atoms with Crippen LogP contribution in [0.1, 0.15) is 16.7 Å². The van der Waals surface area contributed by atoms with Crippen molar-refractivity contribution in [3.63, 3.8) is 0 Å². The van der Waals surface area contributed by atoms with Crippen LogP contribution in [0.4, 0.5) is 0 Å². The van der Waals surface area contributed by atoms with E-state index in [1.165, 1.54) is 0 Å². The van der Waals surface area contributed by atoms with E-state index < -0.39 is 23.9 Å². The van der Waals surface area contributed by atoms with Crippen LogP contribution in [0.3, 0.4) is 0 Å². The average molecular weight is 401 g/mol. The van der Waals surface area contributed by atoms with Crippen molar-refractivity contribution in [2.75, 3.05) is 13.2 Å². The van der Waals surface area contributed by atoms with Crippen LogP contribution in [0.5, 0.6) is 0 Å². The largest absolute Gasteiger partial charge is 0.390 e. The number of hydrogen-bond donors (Lipinski definition) is 1. The van der Waals surface area contributed by atoms with Gasteiger partial charge < -0.3 is 14.6 Å². The standard InChI is InChI=1S/C24H23N3O3/c25-27-26-21-16-29-17-22(23(21)28)30-24(18-10-4-1-5-11-18,19-12-6-2-7-13-19)20-14-8-3-9-15-20/h1-15,21-23,28H,16-17H2/t21-,22+,23+/m1/s1. The maximum atomic E-state index is 10.9. The number of aliphatic hydroxyl groups excluding tert-OH is 1. The van der Waals surface area contributed by atoms with Crippen LogP contribution in [0.2, 0.25) is 0 Å². The Morgan fingerprint density at radius 2 is 1.30 bits per heavy atom. The van der Waals surface area contributed by atoms with Crippen molar-refractivity contribution in [1.82, 2.24) is 0 Å². The second kappa shape index (κ2) is 9.11. The molecule has 0 aromatic heterocycles. The number of aliphatic hydroxyl groups is 1. The topological polar surface area (TPSA) is 87.5 Å². The molecule has 0 saturated carbocycles. The van der Waals surface area contributed by atoms with Gasteiger partial charge in [0, 0.05) is 4.91 Å². The third kappa shape index (κ3) is 3.82. The molecule has 0 amide bonds. The van der Waals surface area contributed by atoms with E-state index in [1.807, 2.05) is 91.0 Å². The van der Waals surface area contributed by atoms with Gasteiger partial charge in [0.2, 0.25) is 0 Å². The zero-order valence-corrected chi connectivity index (χ0v) is 16.4. The van der Waals surface area contributed by atoms with E-state index in [-0.39, 0.29) is 13.2 Å². The molecule has 0 bridgehead atoms. The monoisotopic (exact) mass is 401 g/mol. The van der Waals surface area contributed by atoms with Crippen molar-refractivity contribution in [2.45, 2.75) is 23.9 Å². The van der Waals surface area contributed by atoms with Gasteiger partial charge in [-0.15, -0.1) is 0 Å². The fourth-order valence-corrected chi connectivity index (χ4v) is 3.97. The fourth-order valence-electron chi connectivity index (χ4n) is 3.97. The fraction of sp³-hybridized carbons (Fsp3) is 0.250. The van der Waals surface area contributed by atoms with E-state index in [9.17, 15) is 5.11 Å². The van der Waals surface area contributed by atoms with E-state index in [1.54, 1.807) is 0 Å². The highest BCUT2D eigenvalue weighted by Crippen LogP contribution is 2.42. The predicted molar refractivity (Wildman–Crippen MR) is 114 cm³/mol. The van der Waals surface area contributed by atoms with Gasteiger partial charge in [0.1, 0.15) is 11.7 Å². The van der Waals surface area contributed by atoms with Gasteiger partial charge in [-0.3, -0.25) is 0 Å². The SMILES string of the molecule is [N-]=[N+]=N[C@@H]1COC[C@H](OC(c2ccccc2)(c2ccccc2)c2ccccc2)[C@H]1O. The van der Waals surface area contributed by atoms with Crippen molar-refractivity contribution in [3.8, 4) is 0 Å². The molecule has 3 aromatic carbocycles. The van der Waals surface area contributed by atoms with Crippen LogP contribution < -0.4 is 0 Å². The average Bonchev–Trinajstić information content (AvgIpc) is 2.82. The summed E-state index contributed by atoms with van der Waals surface area (Å²) >= 11 is 0. The van der Waals surface area contributed by atoms with Crippen LogP contribution in [0.25, 0.3) is 10.4 Å². The van der Waals surface area contributed by atoms with Crippen molar-refractivity contribution in [1.29, 1.82) is 0 Å². The first-order valence-corrected chi connectivity index (χ1v) is 9.90. The van der Waals surface area contributed by atoms with E-state index in [2.05, 4.69) is 10.0 Å². The molecule has 0 radical (unpaired) electrons. The van der Waals surface area contributed by atoms with Crippen molar-refractivity contribution in [2.24, 2.45) is 5.11 Å². The van der Waals surface area contributed by atoms with E-state index in [0.29, 0.717) is 0 Å². The summed E-state index contributed by atoms with van der Waals surface area (Å²) in [5.74, 6) is 0. The molecule has 1 N–H and O–H groups in total. The summed E-state index contributed by atoms with van der Waals surface area (Å²) in [6.07, 6.45) is -1.67. The molecule has 1 saturated heterocycles. The summed E-state index contributed by atoms with van der Waals surface area (Å²) in [5.41, 5.74) is 10.7. The number of hydrogen-bond acceptors (Lipinski definition) is 4. The highest BCUT2D eigenvalue weighted by atomic mass is 16.6. The third-order valence-electron chi connectivity index (χ3n) is 5.41. The third-order valence-corrected chi connectivity index (χ3v) is 5.41. The molecular weight excluding hydrogens is 378 g/mol. The highest BCUT2D eigenvalue weighted by molar-refractivity contribution is 5.47. The molecule has 152 valence electrons. The zero-order chi connectivity index (χ0) is 20.8. The molecular formula is C24H23N3O3. The molecule has 1 aliphatic heterocycles. The number of ether oxygens (including phenoxy) is 2. The molecule has 3 atom stereocenters. The lowest BCUT2D eigenvalue weighted by Crippen LogP contribution is -2.51. The first-order chi connectivity index (χ1) is 14.8. The summed E-state index contributed by atoms with van der Waals surface area (Å²) < 4.78 is 12.4. The molecule has 0 spiro atoms. The number of benzene rings is 3. The molecule has 4 rings (SSSR count). The second-order valence-corrected chi connectivity index (χ2v) is 7.24. The lowest BCUT2D eigenvalue weighted by molar-refractivity contribution is -0.164. The summed E-state index contributed by atoms with van der Waals surface area (Å²) in [4.78, 5) is 2.84. The predicted octanol–water partition coefficient (Wildman–Crippen LogP) is 4.43. The summed E-state index contributed by atoms with van der Waals surface area (Å²) in [5, 5.41) is 14.6. The first kappa shape index (κ1) is 20.1. The smallest absolute Gasteiger partial charge is 0.144 e. The van der Waals surface area contributed by atoms with Gasteiger partial charge >= 0.3 is 0 Å². The second-order valence-electron chi connectivity index (χ2n) is 7.24. The first-order valence-electron chi connectivity index (χ1n) is 9.90. The number of nitrogens with zero attached hydrogens (tertiary/aromatic N) is 3. The normalized spacial score (nSPS) is 21.6. The molecule has 6 heteroatoms. The molecule has 3 aromatic rings. The Morgan fingerprint density at radius 1 is 0.833 bits per heavy atom. The lowest BCUT2D eigenvalue weighted by atomic mass is 9.79. The van der Waals surface area contributed by atoms with Gasteiger partial charge in [0.25, 0.3) is 0 Å². The van der Waals surface area contributed by atoms with Crippen LogP contribution in [0.15, 0.2) is 96.1 Å². The van der Waals surface area contributed by atoms with Gasteiger partial charge in [-0.25, -0.2) is 0 Å². The minimum absolute atomic E-state index is 0.167. The maximum absolute atomic E-state index is 10.9. The number of rotatable bonds is 6. The van der Waals surface area contributed by atoms with Crippen LogP contribution in [-0.2, 0) is 15.1 Å². The van der Waals surface area contributed by atoms with Crippen molar-refractivity contribution < 1.29 is 14.6 Å². The van der Waals surface area contributed by atoms with Crippen molar-refractivity contribution >= 4 is 0 Å². The Hall–Kier alpha value is -3.15. The van der Waals surface area contributed by atoms with Crippen LogP contribution in [-0.4, -0.2) is 36.6 Å². The van der Waals surface area contributed by atoms with Gasteiger partial charge in [0.15, 0.2) is 0 Å². The molecule has 0 unspecified atom stereocenters. The molecule has 1 heterocycles. The van der Waals surface area contributed by atoms with Crippen LogP contribution >= 0.6 is 0 Å².